The number of carbonyl (C=O) groups excluding carboxylic acids is 1. The summed E-state index contributed by atoms with van der Waals surface area (Å²) in [5.41, 5.74) is 3.16. The first-order valence-corrected chi connectivity index (χ1v) is 10.5. The van der Waals surface area contributed by atoms with Gasteiger partial charge in [-0.05, 0) is 61.4 Å². The van der Waals surface area contributed by atoms with Gasteiger partial charge >= 0.3 is 0 Å². The van der Waals surface area contributed by atoms with E-state index >= 15 is 0 Å². The summed E-state index contributed by atoms with van der Waals surface area (Å²) in [7, 11) is 0. The van der Waals surface area contributed by atoms with Gasteiger partial charge in [-0.3, -0.25) is 9.69 Å². The summed E-state index contributed by atoms with van der Waals surface area (Å²) in [5.74, 6) is -0.0819. The Labute approximate surface area is 179 Å². The summed E-state index contributed by atoms with van der Waals surface area (Å²) >= 11 is 0. The van der Waals surface area contributed by atoms with Crippen molar-refractivity contribution in [2.45, 2.75) is 33.4 Å². The van der Waals surface area contributed by atoms with E-state index < -0.39 is 0 Å². The number of nitrogens with one attached hydrogen (secondary N) is 1. The van der Waals surface area contributed by atoms with Crippen LogP contribution in [0.15, 0.2) is 48.5 Å². The van der Waals surface area contributed by atoms with E-state index in [1.165, 1.54) is 0 Å². The number of benzene rings is 2. The largest absolute Gasteiger partial charge is 0.392 e. The van der Waals surface area contributed by atoms with Gasteiger partial charge in [0.15, 0.2) is 0 Å². The van der Waals surface area contributed by atoms with Crippen molar-refractivity contribution < 1.29 is 9.90 Å². The molecule has 0 spiro atoms. The third-order valence-corrected chi connectivity index (χ3v) is 5.09. The third-order valence-electron chi connectivity index (χ3n) is 5.09. The Morgan fingerprint density at radius 1 is 1.03 bits per heavy atom. The minimum atomic E-state index is -0.0819. The number of aliphatic hydroxyl groups excluding tert-OH is 1. The maximum Gasteiger partial charge on any atom is 0.238 e. The molecule has 2 N–H and O–H groups in total. The number of amides is 1. The van der Waals surface area contributed by atoms with Crippen LogP contribution in [0.25, 0.3) is 0 Å². The molecule has 0 fully saturated rings. The summed E-state index contributed by atoms with van der Waals surface area (Å²) in [4.78, 5) is 17.2. The lowest BCUT2D eigenvalue weighted by atomic mass is 10.1. The number of hydrogen-bond donors (Lipinski definition) is 2. The number of hydrogen-bond acceptors (Lipinski definition) is 5. The number of nitrogens with zero attached hydrogens (tertiary/aromatic N) is 3. The van der Waals surface area contributed by atoms with Crippen molar-refractivity contribution in [2.24, 2.45) is 0 Å². The summed E-state index contributed by atoms with van der Waals surface area (Å²) < 4.78 is 0. The molecule has 0 aliphatic heterocycles. The van der Waals surface area contributed by atoms with Crippen molar-refractivity contribution in [3.63, 3.8) is 0 Å². The number of aliphatic hydroxyl groups is 1. The van der Waals surface area contributed by atoms with Crippen LogP contribution in [0.4, 0.5) is 5.69 Å². The lowest BCUT2D eigenvalue weighted by molar-refractivity contribution is -0.117. The number of rotatable bonds is 12. The van der Waals surface area contributed by atoms with Crippen molar-refractivity contribution >= 4 is 11.6 Å². The lowest BCUT2D eigenvalue weighted by Gasteiger charge is -2.24. The van der Waals surface area contributed by atoms with Crippen LogP contribution in [0, 0.1) is 11.3 Å². The topological polar surface area (TPSA) is 79.6 Å². The molecule has 0 saturated heterocycles. The smallest absolute Gasteiger partial charge is 0.238 e. The fourth-order valence-corrected chi connectivity index (χ4v) is 3.37. The molecule has 30 heavy (non-hydrogen) atoms. The van der Waals surface area contributed by atoms with Gasteiger partial charge in [0.1, 0.15) is 0 Å². The molecule has 0 atom stereocenters. The molecule has 2 aromatic rings. The normalized spacial score (nSPS) is 10.9. The van der Waals surface area contributed by atoms with Gasteiger partial charge in [0.2, 0.25) is 5.91 Å². The van der Waals surface area contributed by atoms with E-state index in [-0.39, 0.29) is 19.1 Å². The van der Waals surface area contributed by atoms with Gasteiger partial charge in [-0.15, -0.1) is 0 Å². The molecule has 0 aliphatic carbocycles. The Bertz CT molecular complexity index is 826. The number of carbonyl (C=O) groups is 1. The Hall–Kier alpha value is -2.72. The highest BCUT2D eigenvalue weighted by Gasteiger charge is 2.13. The second-order valence-corrected chi connectivity index (χ2v) is 7.31. The highest BCUT2D eigenvalue weighted by atomic mass is 16.3. The molecule has 0 heterocycles. The standard InChI is InChI=1S/C24H32N4O2/c1-3-27(4-2)13-6-14-28(17-21-11-9-20(16-25)10-12-21)18-24(30)26-23-8-5-7-22(15-23)19-29/h5,7-12,15,29H,3-4,6,13-14,17-19H2,1-2H3,(H,26,30). The Morgan fingerprint density at radius 3 is 2.37 bits per heavy atom. The van der Waals surface area contributed by atoms with Crippen molar-refractivity contribution in [1.29, 1.82) is 5.26 Å². The monoisotopic (exact) mass is 408 g/mol. The quantitative estimate of drug-likeness (QED) is 0.564. The SMILES string of the molecule is CCN(CC)CCCN(CC(=O)Nc1cccc(CO)c1)Cc1ccc(C#N)cc1. The predicted molar refractivity (Wildman–Crippen MR) is 120 cm³/mol. The van der Waals surface area contributed by atoms with Crippen molar-refractivity contribution in [1.82, 2.24) is 9.80 Å². The molecular weight excluding hydrogens is 376 g/mol. The highest BCUT2D eigenvalue weighted by molar-refractivity contribution is 5.92. The fourth-order valence-electron chi connectivity index (χ4n) is 3.37. The first-order chi connectivity index (χ1) is 14.6. The van der Waals surface area contributed by atoms with E-state index in [2.05, 4.69) is 35.0 Å². The molecule has 2 aromatic carbocycles. The summed E-state index contributed by atoms with van der Waals surface area (Å²) in [6, 6.07) is 16.9. The van der Waals surface area contributed by atoms with Crippen molar-refractivity contribution in [3.05, 3.63) is 65.2 Å². The first kappa shape index (κ1) is 23.6. The van der Waals surface area contributed by atoms with E-state index in [4.69, 9.17) is 5.26 Å². The second-order valence-electron chi connectivity index (χ2n) is 7.31. The molecule has 1 amide bonds. The van der Waals surface area contributed by atoms with Crippen LogP contribution < -0.4 is 5.32 Å². The molecule has 6 heteroatoms. The zero-order valence-corrected chi connectivity index (χ0v) is 18.0. The molecular formula is C24H32N4O2. The van der Waals surface area contributed by atoms with Crippen LogP contribution in [0.5, 0.6) is 0 Å². The fraction of sp³-hybridized carbons (Fsp3) is 0.417. The summed E-state index contributed by atoms with van der Waals surface area (Å²) in [5, 5.41) is 21.2. The van der Waals surface area contributed by atoms with Gasteiger partial charge in [0.25, 0.3) is 0 Å². The van der Waals surface area contributed by atoms with Gasteiger partial charge in [-0.2, -0.15) is 5.26 Å². The first-order valence-electron chi connectivity index (χ1n) is 10.5. The van der Waals surface area contributed by atoms with E-state index in [1.807, 2.05) is 42.5 Å². The van der Waals surface area contributed by atoms with Crippen molar-refractivity contribution in [2.75, 3.05) is 38.0 Å². The molecule has 0 unspecified atom stereocenters. The molecule has 0 radical (unpaired) electrons. The average Bonchev–Trinajstić information content (AvgIpc) is 2.77. The number of anilines is 1. The predicted octanol–water partition coefficient (Wildman–Crippen LogP) is 3.22. The van der Waals surface area contributed by atoms with E-state index in [0.717, 1.165) is 43.7 Å². The van der Waals surface area contributed by atoms with E-state index in [9.17, 15) is 9.90 Å². The van der Waals surface area contributed by atoms with Gasteiger partial charge in [0.05, 0.1) is 24.8 Å². The molecule has 160 valence electrons. The molecule has 0 bridgehead atoms. The zero-order chi connectivity index (χ0) is 21.8. The minimum absolute atomic E-state index is 0.0557. The molecule has 0 aromatic heterocycles. The summed E-state index contributed by atoms with van der Waals surface area (Å²) in [6.07, 6.45) is 0.977. The molecule has 0 saturated carbocycles. The van der Waals surface area contributed by atoms with Gasteiger partial charge < -0.3 is 15.3 Å². The molecule has 0 aliphatic rings. The van der Waals surface area contributed by atoms with Crippen LogP contribution in [0.2, 0.25) is 0 Å². The van der Waals surface area contributed by atoms with Gasteiger partial charge in [-0.1, -0.05) is 38.1 Å². The van der Waals surface area contributed by atoms with Crippen LogP contribution in [-0.4, -0.2) is 53.5 Å². The maximum atomic E-state index is 12.7. The van der Waals surface area contributed by atoms with Crippen molar-refractivity contribution in [3.8, 4) is 6.07 Å². The van der Waals surface area contributed by atoms with E-state index in [0.29, 0.717) is 17.8 Å². The minimum Gasteiger partial charge on any atom is -0.392 e. The molecule has 6 nitrogen and oxygen atoms in total. The summed E-state index contributed by atoms with van der Waals surface area (Å²) in [6.45, 7) is 9.03. The van der Waals surface area contributed by atoms with Gasteiger partial charge in [-0.25, -0.2) is 0 Å². The van der Waals surface area contributed by atoms with E-state index in [1.54, 1.807) is 6.07 Å². The highest BCUT2D eigenvalue weighted by Crippen LogP contribution is 2.12. The maximum absolute atomic E-state index is 12.7. The second kappa shape index (κ2) is 12.8. The Morgan fingerprint density at radius 2 is 1.73 bits per heavy atom. The number of nitriles is 1. The Balaban J connectivity index is 2.00. The van der Waals surface area contributed by atoms with Crippen LogP contribution in [0.1, 0.15) is 37.0 Å². The lowest BCUT2D eigenvalue weighted by Crippen LogP contribution is -2.35. The van der Waals surface area contributed by atoms with Crippen LogP contribution in [0.3, 0.4) is 0 Å². The molecule has 2 rings (SSSR count). The zero-order valence-electron chi connectivity index (χ0n) is 18.0. The van der Waals surface area contributed by atoms with Crippen LogP contribution >= 0.6 is 0 Å². The average molecular weight is 409 g/mol. The third kappa shape index (κ3) is 7.96. The van der Waals surface area contributed by atoms with Gasteiger partial charge in [0, 0.05) is 18.8 Å². The van der Waals surface area contributed by atoms with Crippen LogP contribution in [-0.2, 0) is 17.9 Å². The Kier molecular flexibility index (Phi) is 10.0.